The molecule has 1 aliphatic rings. The van der Waals surface area contributed by atoms with Crippen LogP contribution in [0.5, 0.6) is 0 Å². The predicted molar refractivity (Wildman–Crippen MR) is 112 cm³/mol. The second kappa shape index (κ2) is 8.79. The Bertz CT molecular complexity index is 1030. The molecule has 0 saturated carbocycles. The Labute approximate surface area is 179 Å². The quantitative estimate of drug-likeness (QED) is 0.624. The molecule has 1 aliphatic heterocycles. The highest BCUT2D eigenvalue weighted by molar-refractivity contribution is 6.30. The number of amides is 1. The first-order chi connectivity index (χ1) is 14.5. The lowest BCUT2D eigenvalue weighted by atomic mass is 10.1. The molecule has 0 N–H and O–H groups in total. The molecule has 3 heterocycles. The van der Waals surface area contributed by atoms with Crippen LogP contribution in [0, 0.1) is 12.7 Å². The van der Waals surface area contributed by atoms with Crippen molar-refractivity contribution in [1.82, 2.24) is 24.6 Å². The van der Waals surface area contributed by atoms with Gasteiger partial charge in [-0.05, 0) is 37.1 Å². The normalized spacial score (nSPS) is 14.2. The highest BCUT2D eigenvalue weighted by Crippen LogP contribution is 2.19. The Morgan fingerprint density at radius 2 is 1.90 bits per heavy atom. The van der Waals surface area contributed by atoms with Crippen molar-refractivity contribution < 1.29 is 9.18 Å². The number of aromatic nitrogens is 4. The standard InChI is InChI=1S/C21H22ClFN6O/c1-15-25-19(14-20(26-15)29-8-2-7-24-29)27-9-11-28(12-10-27)21(30)6-4-16-3-5-18(23)17(22)13-16/h2-3,5,7-8,13-14H,4,6,9-12H2,1H3. The minimum atomic E-state index is -0.446. The molecule has 0 bridgehead atoms. The molecule has 0 spiro atoms. The molecule has 30 heavy (non-hydrogen) atoms. The summed E-state index contributed by atoms with van der Waals surface area (Å²) in [4.78, 5) is 25.6. The van der Waals surface area contributed by atoms with E-state index in [1.807, 2.05) is 30.2 Å². The minimum Gasteiger partial charge on any atom is -0.353 e. The number of carbonyl (C=O) groups is 1. The van der Waals surface area contributed by atoms with Gasteiger partial charge in [-0.15, -0.1) is 0 Å². The van der Waals surface area contributed by atoms with Crippen LogP contribution in [0.2, 0.25) is 5.02 Å². The van der Waals surface area contributed by atoms with Gasteiger partial charge in [-0.2, -0.15) is 5.10 Å². The number of piperazine rings is 1. The Morgan fingerprint density at radius 3 is 2.60 bits per heavy atom. The first-order valence-corrected chi connectivity index (χ1v) is 10.2. The van der Waals surface area contributed by atoms with E-state index in [1.54, 1.807) is 23.0 Å². The van der Waals surface area contributed by atoms with Gasteiger partial charge in [-0.1, -0.05) is 17.7 Å². The number of anilines is 1. The van der Waals surface area contributed by atoms with Crippen molar-refractivity contribution in [2.75, 3.05) is 31.1 Å². The molecule has 0 radical (unpaired) electrons. The van der Waals surface area contributed by atoms with Crippen molar-refractivity contribution in [2.24, 2.45) is 0 Å². The predicted octanol–water partition coefficient (Wildman–Crippen LogP) is 3.04. The molecular formula is C21H22ClFN6O. The summed E-state index contributed by atoms with van der Waals surface area (Å²) in [6, 6.07) is 8.34. The number of hydrogen-bond donors (Lipinski definition) is 0. The lowest BCUT2D eigenvalue weighted by Crippen LogP contribution is -2.49. The summed E-state index contributed by atoms with van der Waals surface area (Å²) in [5.74, 6) is 1.87. The van der Waals surface area contributed by atoms with Gasteiger partial charge in [-0.3, -0.25) is 4.79 Å². The average molecular weight is 429 g/mol. The second-order valence-electron chi connectivity index (χ2n) is 7.20. The summed E-state index contributed by atoms with van der Waals surface area (Å²) in [5.41, 5.74) is 0.857. The summed E-state index contributed by atoms with van der Waals surface area (Å²) in [6.45, 7) is 4.51. The van der Waals surface area contributed by atoms with Gasteiger partial charge < -0.3 is 9.80 Å². The van der Waals surface area contributed by atoms with E-state index in [4.69, 9.17) is 11.6 Å². The van der Waals surface area contributed by atoms with Gasteiger partial charge in [0.05, 0.1) is 5.02 Å². The molecule has 1 saturated heterocycles. The fourth-order valence-electron chi connectivity index (χ4n) is 3.51. The molecule has 0 aliphatic carbocycles. The Balaban J connectivity index is 1.34. The largest absolute Gasteiger partial charge is 0.353 e. The van der Waals surface area contributed by atoms with Gasteiger partial charge in [0.1, 0.15) is 17.5 Å². The second-order valence-corrected chi connectivity index (χ2v) is 7.61. The molecule has 1 amide bonds. The van der Waals surface area contributed by atoms with Crippen LogP contribution in [0.15, 0.2) is 42.7 Å². The molecule has 0 atom stereocenters. The number of hydrogen-bond acceptors (Lipinski definition) is 5. The topological polar surface area (TPSA) is 67.2 Å². The third kappa shape index (κ3) is 4.59. The van der Waals surface area contributed by atoms with E-state index in [1.165, 1.54) is 6.07 Å². The van der Waals surface area contributed by atoms with Crippen molar-refractivity contribution in [3.05, 3.63) is 65.0 Å². The summed E-state index contributed by atoms with van der Waals surface area (Å²) in [6.07, 6.45) is 4.47. The van der Waals surface area contributed by atoms with Crippen molar-refractivity contribution in [2.45, 2.75) is 19.8 Å². The molecule has 2 aromatic heterocycles. The van der Waals surface area contributed by atoms with Crippen molar-refractivity contribution in [1.29, 1.82) is 0 Å². The van der Waals surface area contributed by atoms with Crippen LogP contribution in [0.1, 0.15) is 17.8 Å². The average Bonchev–Trinajstić information content (AvgIpc) is 3.29. The van der Waals surface area contributed by atoms with Gasteiger partial charge in [0.2, 0.25) is 5.91 Å². The molecule has 3 aromatic rings. The van der Waals surface area contributed by atoms with Gasteiger partial charge in [0.25, 0.3) is 0 Å². The van der Waals surface area contributed by atoms with E-state index in [9.17, 15) is 9.18 Å². The van der Waals surface area contributed by atoms with Crippen LogP contribution in [0.4, 0.5) is 10.2 Å². The Morgan fingerprint density at radius 1 is 1.13 bits per heavy atom. The van der Waals surface area contributed by atoms with E-state index in [2.05, 4.69) is 20.0 Å². The van der Waals surface area contributed by atoms with Gasteiger partial charge in [0, 0.05) is 51.1 Å². The number of nitrogens with zero attached hydrogens (tertiary/aromatic N) is 6. The molecule has 1 fully saturated rings. The third-order valence-electron chi connectivity index (χ3n) is 5.12. The van der Waals surface area contributed by atoms with E-state index in [0.29, 0.717) is 44.8 Å². The molecule has 9 heteroatoms. The summed E-state index contributed by atoms with van der Waals surface area (Å²) in [7, 11) is 0. The zero-order valence-electron chi connectivity index (χ0n) is 16.6. The number of aryl methyl sites for hydroxylation is 2. The molecular weight excluding hydrogens is 407 g/mol. The van der Waals surface area contributed by atoms with Crippen LogP contribution in [0.25, 0.3) is 5.82 Å². The van der Waals surface area contributed by atoms with Crippen LogP contribution in [0.3, 0.4) is 0 Å². The zero-order valence-corrected chi connectivity index (χ0v) is 17.4. The zero-order chi connectivity index (χ0) is 21.1. The van der Waals surface area contributed by atoms with Gasteiger partial charge >= 0.3 is 0 Å². The molecule has 0 unspecified atom stereocenters. The van der Waals surface area contributed by atoms with Crippen LogP contribution in [-0.2, 0) is 11.2 Å². The molecule has 7 nitrogen and oxygen atoms in total. The van der Waals surface area contributed by atoms with E-state index in [-0.39, 0.29) is 10.9 Å². The fourth-order valence-corrected chi connectivity index (χ4v) is 3.71. The monoisotopic (exact) mass is 428 g/mol. The first-order valence-electron chi connectivity index (χ1n) is 9.82. The van der Waals surface area contributed by atoms with Gasteiger partial charge in [0.15, 0.2) is 5.82 Å². The Kier molecular flexibility index (Phi) is 5.94. The fraction of sp³-hybridized carbons (Fsp3) is 0.333. The summed E-state index contributed by atoms with van der Waals surface area (Å²) < 4.78 is 15.0. The van der Waals surface area contributed by atoms with E-state index >= 15 is 0 Å². The van der Waals surface area contributed by atoms with E-state index < -0.39 is 5.82 Å². The maximum atomic E-state index is 13.3. The van der Waals surface area contributed by atoms with Crippen LogP contribution in [-0.4, -0.2) is 56.7 Å². The third-order valence-corrected chi connectivity index (χ3v) is 5.41. The van der Waals surface area contributed by atoms with Crippen LogP contribution < -0.4 is 4.90 Å². The van der Waals surface area contributed by atoms with E-state index in [0.717, 1.165) is 17.2 Å². The minimum absolute atomic E-state index is 0.0863. The lowest BCUT2D eigenvalue weighted by molar-refractivity contribution is -0.131. The Hall–Kier alpha value is -3.00. The highest BCUT2D eigenvalue weighted by atomic mass is 35.5. The van der Waals surface area contributed by atoms with Crippen molar-refractivity contribution in [3.8, 4) is 5.82 Å². The molecule has 4 rings (SSSR count). The maximum Gasteiger partial charge on any atom is 0.223 e. The summed E-state index contributed by atoms with van der Waals surface area (Å²) >= 11 is 5.82. The smallest absolute Gasteiger partial charge is 0.223 e. The number of benzene rings is 1. The summed E-state index contributed by atoms with van der Waals surface area (Å²) in [5, 5.41) is 4.32. The lowest BCUT2D eigenvalue weighted by Gasteiger charge is -2.35. The number of carbonyl (C=O) groups excluding carboxylic acids is 1. The molecule has 156 valence electrons. The van der Waals surface area contributed by atoms with Crippen molar-refractivity contribution in [3.63, 3.8) is 0 Å². The number of rotatable bonds is 5. The number of halogens is 2. The van der Waals surface area contributed by atoms with Crippen molar-refractivity contribution >= 4 is 23.3 Å². The first kappa shape index (κ1) is 20.3. The molecule has 1 aromatic carbocycles. The highest BCUT2D eigenvalue weighted by Gasteiger charge is 2.22. The maximum absolute atomic E-state index is 13.3. The SMILES string of the molecule is Cc1nc(N2CCN(C(=O)CCc3ccc(F)c(Cl)c3)CC2)cc(-n2cccn2)n1. The van der Waals surface area contributed by atoms with Gasteiger partial charge in [-0.25, -0.2) is 19.0 Å². The van der Waals surface area contributed by atoms with Crippen LogP contribution >= 0.6 is 11.6 Å².